The maximum atomic E-state index is 5.02. The molecule has 0 atom stereocenters. The molecule has 1 heterocycles. The molecule has 0 aliphatic rings. The predicted molar refractivity (Wildman–Crippen MR) is 60.9 cm³/mol. The predicted octanol–water partition coefficient (Wildman–Crippen LogP) is 1.71. The molecule has 1 aromatic carbocycles. The standard InChI is InChI=1S/C12H15N3O/c1-10-14-12(16-15-10)7-8-13-9-11-5-3-2-4-6-11/h2-6,13H,7-9H2,1H3. The van der Waals surface area contributed by atoms with E-state index in [0.717, 1.165) is 19.5 Å². The summed E-state index contributed by atoms with van der Waals surface area (Å²) in [6.07, 6.45) is 0.772. The Kier molecular flexibility index (Phi) is 3.66. The minimum Gasteiger partial charge on any atom is -0.339 e. The summed E-state index contributed by atoms with van der Waals surface area (Å²) in [7, 11) is 0. The second kappa shape index (κ2) is 5.42. The van der Waals surface area contributed by atoms with Crippen molar-refractivity contribution in [2.75, 3.05) is 6.54 Å². The third-order valence-electron chi connectivity index (χ3n) is 2.26. The Bertz CT molecular complexity index is 425. The van der Waals surface area contributed by atoms with Gasteiger partial charge in [0.2, 0.25) is 5.89 Å². The Labute approximate surface area is 94.7 Å². The quantitative estimate of drug-likeness (QED) is 0.775. The monoisotopic (exact) mass is 217 g/mol. The van der Waals surface area contributed by atoms with Crippen LogP contribution in [-0.4, -0.2) is 16.7 Å². The van der Waals surface area contributed by atoms with E-state index in [0.29, 0.717) is 11.7 Å². The molecule has 0 saturated heterocycles. The summed E-state index contributed by atoms with van der Waals surface area (Å²) in [4.78, 5) is 4.14. The summed E-state index contributed by atoms with van der Waals surface area (Å²) in [6, 6.07) is 10.3. The van der Waals surface area contributed by atoms with Crippen molar-refractivity contribution in [3.05, 3.63) is 47.6 Å². The van der Waals surface area contributed by atoms with E-state index >= 15 is 0 Å². The number of nitrogens with one attached hydrogen (secondary N) is 1. The molecule has 4 heteroatoms. The number of hydrogen-bond donors (Lipinski definition) is 1. The van der Waals surface area contributed by atoms with Crippen molar-refractivity contribution >= 4 is 0 Å². The summed E-state index contributed by atoms with van der Waals surface area (Å²) in [5.41, 5.74) is 1.28. The van der Waals surface area contributed by atoms with Crippen molar-refractivity contribution in [2.45, 2.75) is 19.9 Å². The largest absolute Gasteiger partial charge is 0.339 e. The van der Waals surface area contributed by atoms with Gasteiger partial charge >= 0.3 is 0 Å². The molecular formula is C12H15N3O. The van der Waals surface area contributed by atoms with Crippen LogP contribution in [0.3, 0.4) is 0 Å². The molecule has 0 fully saturated rings. The smallest absolute Gasteiger partial charge is 0.227 e. The lowest BCUT2D eigenvalue weighted by Gasteiger charge is -2.02. The van der Waals surface area contributed by atoms with Gasteiger partial charge in [-0.1, -0.05) is 35.5 Å². The van der Waals surface area contributed by atoms with Crippen LogP contribution in [0.4, 0.5) is 0 Å². The van der Waals surface area contributed by atoms with E-state index in [9.17, 15) is 0 Å². The molecule has 0 unspecified atom stereocenters. The minimum absolute atomic E-state index is 0.693. The van der Waals surface area contributed by atoms with Crippen LogP contribution in [0.5, 0.6) is 0 Å². The van der Waals surface area contributed by atoms with E-state index in [2.05, 4.69) is 27.6 Å². The lowest BCUT2D eigenvalue weighted by atomic mass is 10.2. The lowest BCUT2D eigenvalue weighted by molar-refractivity contribution is 0.372. The summed E-state index contributed by atoms with van der Waals surface area (Å²) in [6.45, 7) is 3.54. The average Bonchev–Trinajstić information content (AvgIpc) is 2.72. The number of hydrogen-bond acceptors (Lipinski definition) is 4. The molecule has 2 rings (SSSR count). The Morgan fingerprint density at radius 2 is 2.06 bits per heavy atom. The molecule has 2 aromatic rings. The molecule has 0 bridgehead atoms. The SMILES string of the molecule is Cc1noc(CCNCc2ccccc2)n1. The zero-order valence-corrected chi connectivity index (χ0v) is 9.31. The van der Waals surface area contributed by atoms with Crippen LogP contribution < -0.4 is 5.32 Å². The molecule has 16 heavy (non-hydrogen) atoms. The van der Waals surface area contributed by atoms with Crippen molar-refractivity contribution in [1.29, 1.82) is 0 Å². The maximum absolute atomic E-state index is 5.02. The molecule has 1 aromatic heterocycles. The van der Waals surface area contributed by atoms with Crippen LogP contribution in [0.1, 0.15) is 17.3 Å². The Balaban J connectivity index is 1.69. The van der Waals surface area contributed by atoms with Crippen LogP contribution in [0.25, 0.3) is 0 Å². The molecule has 0 spiro atoms. The Hall–Kier alpha value is -1.68. The van der Waals surface area contributed by atoms with Gasteiger partial charge < -0.3 is 9.84 Å². The molecule has 0 aliphatic carbocycles. The lowest BCUT2D eigenvalue weighted by Crippen LogP contribution is -2.16. The van der Waals surface area contributed by atoms with Crippen LogP contribution in [-0.2, 0) is 13.0 Å². The van der Waals surface area contributed by atoms with E-state index in [4.69, 9.17) is 4.52 Å². The molecule has 0 saturated carbocycles. The van der Waals surface area contributed by atoms with Gasteiger partial charge in [0, 0.05) is 19.5 Å². The van der Waals surface area contributed by atoms with Gasteiger partial charge in [0.15, 0.2) is 5.82 Å². The third kappa shape index (κ3) is 3.17. The number of aromatic nitrogens is 2. The van der Waals surface area contributed by atoms with E-state index in [1.54, 1.807) is 0 Å². The first-order valence-corrected chi connectivity index (χ1v) is 5.38. The normalized spacial score (nSPS) is 10.6. The fraction of sp³-hybridized carbons (Fsp3) is 0.333. The first kappa shape index (κ1) is 10.8. The van der Waals surface area contributed by atoms with Crippen molar-refractivity contribution in [3.63, 3.8) is 0 Å². The van der Waals surface area contributed by atoms with E-state index < -0.39 is 0 Å². The number of nitrogens with zero attached hydrogens (tertiary/aromatic N) is 2. The van der Waals surface area contributed by atoms with E-state index in [1.165, 1.54) is 5.56 Å². The fourth-order valence-electron chi connectivity index (χ4n) is 1.47. The van der Waals surface area contributed by atoms with Crippen LogP contribution in [0.15, 0.2) is 34.9 Å². The summed E-state index contributed by atoms with van der Waals surface area (Å²) in [5, 5.41) is 7.07. The van der Waals surface area contributed by atoms with E-state index in [-0.39, 0.29) is 0 Å². The number of benzene rings is 1. The highest BCUT2D eigenvalue weighted by Crippen LogP contribution is 1.98. The van der Waals surface area contributed by atoms with Gasteiger partial charge in [-0.3, -0.25) is 0 Å². The first-order chi connectivity index (χ1) is 7.84. The van der Waals surface area contributed by atoms with Crippen molar-refractivity contribution in [3.8, 4) is 0 Å². The number of aryl methyl sites for hydroxylation is 1. The molecule has 0 radical (unpaired) electrons. The van der Waals surface area contributed by atoms with Gasteiger partial charge in [0.25, 0.3) is 0 Å². The maximum Gasteiger partial charge on any atom is 0.227 e. The number of rotatable bonds is 5. The Morgan fingerprint density at radius 3 is 2.75 bits per heavy atom. The van der Waals surface area contributed by atoms with Gasteiger partial charge in [-0.2, -0.15) is 4.98 Å². The van der Waals surface area contributed by atoms with Crippen molar-refractivity contribution in [2.24, 2.45) is 0 Å². The van der Waals surface area contributed by atoms with Gasteiger partial charge in [0.1, 0.15) is 0 Å². The molecule has 0 aliphatic heterocycles. The summed E-state index contributed by atoms with van der Waals surface area (Å²) >= 11 is 0. The summed E-state index contributed by atoms with van der Waals surface area (Å²) in [5.74, 6) is 1.39. The van der Waals surface area contributed by atoms with Crippen LogP contribution in [0, 0.1) is 6.92 Å². The highest BCUT2D eigenvalue weighted by atomic mass is 16.5. The second-order valence-electron chi connectivity index (χ2n) is 3.65. The molecule has 4 nitrogen and oxygen atoms in total. The third-order valence-corrected chi connectivity index (χ3v) is 2.26. The minimum atomic E-state index is 0.693. The van der Waals surface area contributed by atoms with Gasteiger partial charge in [0.05, 0.1) is 0 Å². The molecular weight excluding hydrogens is 202 g/mol. The van der Waals surface area contributed by atoms with E-state index in [1.807, 2.05) is 25.1 Å². The van der Waals surface area contributed by atoms with Crippen LogP contribution in [0.2, 0.25) is 0 Å². The first-order valence-electron chi connectivity index (χ1n) is 5.38. The average molecular weight is 217 g/mol. The topological polar surface area (TPSA) is 51.0 Å². The van der Waals surface area contributed by atoms with Crippen molar-refractivity contribution < 1.29 is 4.52 Å². The molecule has 1 N–H and O–H groups in total. The fourth-order valence-corrected chi connectivity index (χ4v) is 1.47. The van der Waals surface area contributed by atoms with Gasteiger partial charge in [-0.25, -0.2) is 0 Å². The van der Waals surface area contributed by atoms with Gasteiger partial charge in [-0.15, -0.1) is 0 Å². The van der Waals surface area contributed by atoms with Gasteiger partial charge in [-0.05, 0) is 12.5 Å². The van der Waals surface area contributed by atoms with Crippen molar-refractivity contribution in [1.82, 2.24) is 15.5 Å². The summed E-state index contributed by atoms with van der Waals surface area (Å²) < 4.78 is 5.02. The van der Waals surface area contributed by atoms with Crippen LogP contribution >= 0.6 is 0 Å². The molecule has 0 amide bonds. The Morgan fingerprint density at radius 1 is 1.25 bits per heavy atom. The zero-order valence-electron chi connectivity index (χ0n) is 9.31. The zero-order chi connectivity index (χ0) is 11.2. The second-order valence-corrected chi connectivity index (χ2v) is 3.65. The highest BCUT2D eigenvalue weighted by molar-refractivity contribution is 5.14. The molecule has 84 valence electrons. The highest BCUT2D eigenvalue weighted by Gasteiger charge is 2.01.